The lowest BCUT2D eigenvalue weighted by Crippen LogP contribution is -2.35. The highest BCUT2D eigenvalue weighted by Gasteiger charge is 2.32. The van der Waals surface area contributed by atoms with Gasteiger partial charge in [-0.2, -0.15) is 0 Å². The van der Waals surface area contributed by atoms with E-state index in [4.69, 9.17) is 20.8 Å². The quantitative estimate of drug-likeness (QED) is 0.323. The molecule has 0 unspecified atom stereocenters. The number of rotatable bonds is 11. The van der Waals surface area contributed by atoms with Crippen molar-refractivity contribution in [1.82, 2.24) is 14.8 Å². The van der Waals surface area contributed by atoms with E-state index in [1.165, 1.54) is 6.20 Å². The van der Waals surface area contributed by atoms with E-state index in [0.29, 0.717) is 66.9 Å². The van der Waals surface area contributed by atoms with Crippen LogP contribution in [0.3, 0.4) is 0 Å². The fourth-order valence-corrected chi connectivity index (χ4v) is 5.41. The van der Waals surface area contributed by atoms with E-state index in [1.807, 2.05) is 6.92 Å². The Bertz CT molecular complexity index is 1460. The number of nitrogens with one attached hydrogen (secondary N) is 2. The third-order valence-electron chi connectivity index (χ3n) is 7.72. The number of furan rings is 1. The summed E-state index contributed by atoms with van der Waals surface area (Å²) in [5, 5.41) is 6.56. The predicted molar refractivity (Wildman–Crippen MR) is 164 cm³/mol. The number of ether oxygens (including phenoxy) is 1. The Hall–Kier alpha value is -3.96. The number of amides is 4. The fourth-order valence-electron chi connectivity index (χ4n) is 5.30. The van der Waals surface area contributed by atoms with Crippen LogP contribution in [-0.4, -0.2) is 79.3 Å². The molecule has 4 rings (SSSR count). The van der Waals surface area contributed by atoms with Gasteiger partial charge in [-0.3, -0.25) is 19.2 Å². The first-order valence-electron chi connectivity index (χ1n) is 14.4. The largest absolute Gasteiger partial charge is 0.449 e. The fraction of sp³-hybridized carbons (Fsp3) is 0.452. The number of carbonyl (C=O) groups excluding carboxylic acids is 4. The number of aromatic nitrogens is 1. The average Bonchev–Trinajstić information content (AvgIpc) is 3.35. The highest BCUT2D eigenvalue weighted by molar-refractivity contribution is 6.30. The van der Waals surface area contributed by atoms with Gasteiger partial charge in [0.05, 0.1) is 18.1 Å². The van der Waals surface area contributed by atoms with Crippen LogP contribution in [0.4, 0.5) is 11.5 Å². The van der Waals surface area contributed by atoms with Gasteiger partial charge in [-0.1, -0.05) is 17.7 Å². The van der Waals surface area contributed by atoms with Crippen LogP contribution in [0.5, 0.6) is 0 Å². The van der Waals surface area contributed by atoms with Crippen LogP contribution >= 0.6 is 11.6 Å². The summed E-state index contributed by atoms with van der Waals surface area (Å²) in [6, 6.07) is 8.37. The number of fused-ring (bicyclic) bond motifs is 1. The maximum atomic E-state index is 13.5. The molecule has 1 aliphatic carbocycles. The van der Waals surface area contributed by atoms with Gasteiger partial charge in [-0.05, 0) is 62.4 Å². The second-order valence-corrected chi connectivity index (χ2v) is 11.3. The average molecular weight is 612 g/mol. The first kappa shape index (κ1) is 32.0. The van der Waals surface area contributed by atoms with Crippen LogP contribution in [0.25, 0.3) is 11.0 Å². The molecule has 1 saturated carbocycles. The lowest BCUT2D eigenvalue weighted by atomic mass is 9.81. The monoisotopic (exact) mass is 611 g/mol. The normalized spacial score (nSPS) is 16.5. The lowest BCUT2D eigenvalue weighted by Gasteiger charge is -2.28. The molecule has 2 aromatic heterocycles. The number of benzene rings is 1. The van der Waals surface area contributed by atoms with Gasteiger partial charge in [-0.25, -0.2) is 4.98 Å². The molecule has 1 aromatic carbocycles. The number of likely N-dealkylation sites (N-methyl/N-ethyl adjacent to an activating group) is 1. The molecule has 12 heteroatoms. The van der Waals surface area contributed by atoms with Gasteiger partial charge in [0.2, 0.25) is 23.5 Å². The molecule has 4 amide bonds. The zero-order chi connectivity index (χ0) is 31.1. The summed E-state index contributed by atoms with van der Waals surface area (Å²) in [6.07, 6.45) is 3.87. The molecular formula is C31H38ClN5O6. The summed E-state index contributed by atoms with van der Waals surface area (Å²) in [4.78, 5) is 59.7. The van der Waals surface area contributed by atoms with Crippen LogP contribution in [0.15, 0.2) is 40.9 Å². The molecule has 0 bridgehead atoms. The van der Waals surface area contributed by atoms with Gasteiger partial charge >= 0.3 is 0 Å². The maximum Gasteiger partial charge on any atom is 0.294 e. The van der Waals surface area contributed by atoms with Crippen molar-refractivity contribution in [3.63, 3.8) is 0 Å². The SMILES string of the molecule is CCN(CCOC)C(=O)Cc1ccc2oc(C(=O)Nc3ccc(Cl)cn3)c(NC(=O)C3CCC(C(=O)N(C)C)CC3)c2c1. The van der Waals surface area contributed by atoms with Crippen LogP contribution in [0.2, 0.25) is 5.02 Å². The van der Waals surface area contributed by atoms with Crippen LogP contribution < -0.4 is 10.6 Å². The third kappa shape index (κ3) is 7.91. The highest BCUT2D eigenvalue weighted by Crippen LogP contribution is 2.35. The number of carbonyl (C=O) groups is 4. The van der Waals surface area contributed by atoms with Crippen LogP contribution in [-0.2, 0) is 25.5 Å². The Morgan fingerprint density at radius 1 is 1.05 bits per heavy atom. The number of nitrogens with zero attached hydrogens (tertiary/aromatic N) is 3. The summed E-state index contributed by atoms with van der Waals surface area (Å²) >= 11 is 5.93. The molecule has 43 heavy (non-hydrogen) atoms. The molecule has 0 radical (unpaired) electrons. The van der Waals surface area contributed by atoms with E-state index in [1.54, 1.807) is 61.3 Å². The number of hydrogen-bond acceptors (Lipinski definition) is 7. The van der Waals surface area contributed by atoms with Crippen LogP contribution in [0, 0.1) is 11.8 Å². The maximum absolute atomic E-state index is 13.5. The Kier molecular flexibility index (Phi) is 10.8. The molecular weight excluding hydrogens is 574 g/mol. The van der Waals surface area contributed by atoms with Crippen LogP contribution in [0.1, 0.15) is 48.7 Å². The Morgan fingerprint density at radius 2 is 1.77 bits per heavy atom. The van der Waals surface area contributed by atoms with E-state index in [-0.39, 0.29) is 53.2 Å². The van der Waals surface area contributed by atoms with E-state index in [9.17, 15) is 19.2 Å². The molecule has 0 aliphatic heterocycles. The first-order chi connectivity index (χ1) is 20.6. The number of halogens is 1. The van der Waals surface area contributed by atoms with Crippen molar-refractivity contribution < 1.29 is 28.3 Å². The molecule has 1 fully saturated rings. The minimum atomic E-state index is -0.601. The Morgan fingerprint density at radius 3 is 2.40 bits per heavy atom. The van der Waals surface area contributed by atoms with E-state index in [0.717, 1.165) is 0 Å². The minimum absolute atomic E-state index is 0.0659. The number of pyridine rings is 1. The number of hydrogen-bond donors (Lipinski definition) is 2. The number of anilines is 2. The van der Waals surface area contributed by atoms with Gasteiger partial charge in [0.15, 0.2) is 0 Å². The minimum Gasteiger partial charge on any atom is -0.449 e. The highest BCUT2D eigenvalue weighted by atomic mass is 35.5. The topological polar surface area (TPSA) is 134 Å². The predicted octanol–water partition coefficient (Wildman–Crippen LogP) is 4.60. The van der Waals surface area contributed by atoms with Crippen molar-refractivity contribution in [3.05, 3.63) is 52.9 Å². The standard InChI is InChI=1S/C31H38ClN5O6/c1-5-37(14-15-42-4)26(38)17-19-6-12-24-23(16-19)27(28(43-24)30(40)34-25-13-11-22(32)18-33-25)35-29(39)20-7-9-21(10-8-20)31(41)36(2)3/h6,11-13,16,18,20-21H,5,7-10,14-15,17H2,1-4H3,(H,35,39)(H,33,34,40). The van der Waals surface area contributed by atoms with Gasteiger partial charge in [0, 0.05) is 57.7 Å². The van der Waals surface area contributed by atoms with Crippen molar-refractivity contribution in [1.29, 1.82) is 0 Å². The zero-order valence-electron chi connectivity index (χ0n) is 24.9. The summed E-state index contributed by atoms with van der Waals surface area (Å²) in [7, 11) is 5.06. The summed E-state index contributed by atoms with van der Waals surface area (Å²) in [6.45, 7) is 3.36. The van der Waals surface area contributed by atoms with E-state index >= 15 is 0 Å². The molecule has 0 spiro atoms. The molecule has 0 saturated heterocycles. The smallest absolute Gasteiger partial charge is 0.294 e. The summed E-state index contributed by atoms with van der Waals surface area (Å²) in [5.74, 6) is -1.11. The van der Waals surface area contributed by atoms with Crippen molar-refractivity contribution >= 4 is 57.7 Å². The van der Waals surface area contributed by atoms with Crippen molar-refractivity contribution in [3.8, 4) is 0 Å². The summed E-state index contributed by atoms with van der Waals surface area (Å²) in [5.41, 5.74) is 1.31. The molecule has 2 heterocycles. The molecule has 1 aliphatic rings. The molecule has 0 atom stereocenters. The molecule has 11 nitrogen and oxygen atoms in total. The zero-order valence-corrected chi connectivity index (χ0v) is 25.7. The van der Waals surface area contributed by atoms with Gasteiger partial charge < -0.3 is 29.6 Å². The van der Waals surface area contributed by atoms with Crippen molar-refractivity contribution in [2.24, 2.45) is 11.8 Å². The van der Waals surface area contributed by atoms with Gasteiger partial charge in [-0.15, -0.1) is 0 Å². The van der Waals surface area contributed by atoms with E-state index in [2.05, 4.69) is 15.6 Å². The van der Waals surface area contributed by atoms with Crippen molar-refractivity contribution in [2.75, 3.05) is 51.5 Å². The van der Waals surface area contributed by atoms with E-state index < -0.39 is 5.91 Å². The Balaban J connectivity index is 1.61. The molecule has 2 N–H and O–H groups in total. The Labute approximate surface area is 255 Å². The second-order valence-electron chi connectivity index (χ2n) is 10.9. The summed E-state index contributed by atoms with van der Waals surface area (Å²) < 4.78 is 11.1. The van der Waals surface area contributed by atoms with Gasteiger partial charge in [0.25, 0.3) is 5.91 Å². The molecule has 3 aromatic rings. The third-order valence-corrected chi connectivity index (χ3v) is 7.94. The first-order valence-corrected chi connectivity index (χ1v) is 14.8. The van der Waals surface area contributed by atoms with Crippen molar-refractivity contribution in [2.45, 2.75) is 39.0 Å². The van der Waals surface area contributed by atoms with Gasteiger partial charge in [0.1, 0.15) is 17.1 Å². The number of methoxy groups -OCH3 is 1. The molecule has 230 valence electrons. The second kappa shape index (κ2) is 14.5. The lowest BCUT2D eigenvalue weighted by molar-refractivity contribution is -0.135.